The Morgan fingerprint density at radius 2 is 2.35 bits per heavy atom. The van der Waals surface area contributed by atoms with E-state index in [2.05, 4.69) is 6.92 Å². The zero-order chi connectivity index (χ0) is 12.5. The molecule has 0 aromatic carbocycles. The molecule has 17 heavy (non-hydrogen) atoms. The second-order valence-electron chi connectivity index (χ2n) is 3.95. The van der Waals surface area contributed by atoms with Crippen LogP contribution in [0.4, 0.5) is 0 Å². The fourth-order valence-corrected chi connectivity index (χ4v) is 6.05. The van der Waals surface area contributed by atoms with Crippen molar-refractivity contribution in [3.63, 3.8) is 0 Å². The maximum absolute atomic E-state index is 12.3. The van der Waals surface area contributed by atoms with E-state index in [0.29, 0.717) is 28.4 Å². The quantitative estimate of drug-likeness (QED) is 0.805. The van der Waals surface area contributed by atoms with E-state index < -0.39 is 10.0 Å². The highest BCUT2D eigenvalue weighted by molar-refractivity contribution is 8.00. The highest BCUT2D eigenvalue weighted by atomic mass is 35.5. The minimum atomic E-state index is -3.30. The lowest BCUT2D eigenvalue weighted by Gasteiger charge is -2.29. The van der Waals surface area contributed by atoms with Crippen molar-refractivity contribution in [3.8, 4) is 0 Å². The molecule has 3 nitrogen and oxygen atoms in total. The first-order valence-electron chi connectivity index (χ1n) is 5.29. The predicted molar refractivity (Wildman–Crippen MR) is 74.6 cm³/mol. The number of hydrogen-bond acceptors (Lipinski definition) is 4. The third kappa shape index (κ3) is 2.98. The van der Waals surface area contributed by atoms with Gasteiger partial charge in [-0.1, -0.05) is 6.92 Å². The molecule has 1 unspecified atom stereocenters. The second-order valence-corrected chi connectivity index (χ2v) is 8.84. The van der Waals surface area contributed by atoms with E-state index in [1.807, 2.05) is 17.1 Å². The molecular formula is C10H14ClNO2S3. The van der Waals surface area contributed by atoms with Crippen LogP contribution in [0.5, 0.6) is 0 Å². The van der Waals surface area contributed by atoms with E-state index in [-0.39, 0.29) is 0 Å². The van der Waals surface area contributed by atoms with Gasteiger partial charge in [0.05, 0.1) is 0 Å². The smallest absolute Gasteiger partial charge is 0.206 e. The summed E-state index contributed by atoms with van der Waals surface area (Å²) in [6.07, 6.45) is 0. The molecule has 0 bridgehead atoms. The number of alkyl halides is 1. The van der Waals surface area contributed by atoms with E-state index in [1.165, 1.54) is 11.3 Å². The molecule has 1 aliphatic rings. The molecular weight excluding hydrogens is 298 g/mol. The van der Waals surface area contributed by atoms with Gasteiger partial charge in [0.25, 0.3) is 10.0 Å². The molecule has 0 radical (unpaired) electrons. The van der Waals surface area contributed by atoms with Gasteiger partial charge in [0, 0.05) is 30.0 Å². The van der Waals surface area contributed by atoms with E-state index in [0.717, 1.165) is 11.3 Å². The number of rotatable bonds is 3. The molecule has 0 amide bonds. The first-order valence-corrected chi connectivity index (χ1v) is 9.19. The lowest BCUT2D eigenvalue weighted by atomic mass is 10.4. The Morgan fingerprint density at radius 1 is 1.59 bits per heavy atom. The molecule has 2 heterocycles. The van der Waals surface area contributed by atoms with Crippen LogP contribution in [0, 0.1) is 0 Å². The summed E-state index contributed by atoms with van der Waals surface area (Å²) < 4.78 is 26.7. The largest absolute Gasteiger partial charge is 0.252 e. The summed E-state index contributed by atoms with van der Waals surface area (Å²) in [5, 5.41) is 2.17. The summed E-state index contributed by atoms with van der Waals surface area (Å²) in [7, 11) is -3.30. The minimum absolute atomic E-state index is 0.359. The van der Waals surface area contributed by atoms with Crippen LogP contribution in [0.25, 0.3) is 0 Å². The normalized spacial score (nSPS) is 22.8. The summed E-state index contributed by atoms with van der Waals surface area (Å²) in [6, 6.07) is 1.68. The summed E-state index contributed by atoms with van der Waals surface area (Å²) >= 11 is 8.77. The molecule has 1 saturated heterocycles. The lowest BCUT2D eigenvalue weighted by Crippen LogP contribution is -2.40. The standard InChI is InChI=1S/C10H14ClNO2S3/c1-8-6-12(2-3-15-8)17(13,14)10-4-9(5-11)7-16-10/h4,7-8H,2-3,5-6H2,1H3. The van der Waals surface area contributed by atoms with E-state index in [4.69, 9.17) is 11.6 Å². The first kappa shape index (κ1) is 13.7. The van der Waals surface area contributed by atoms with Gasteiger partial charge in [-0.3, -0.25) is 0 Å². The zero-order valence-electron chi connectivity index (χ0n) is 9.43. The SMILES string of the molecule is CC1CN(S(=O)(=O)c2cc(CCl)cs2)CCS1. The average molecular weight is 312 g/mol. The molecule has 1 aromatic rings. The van der Waals surface area contributed by atoms with Crippen molar-refractivity contribution >= 4 is 44.7 Å². The van der Waals surface area contributed by atoms with Crippen molar-refractivity contribution in [2.24, 2.45) is 0 Å². The summed E-state index contributed by atoms with van der Waals surface area (Å²) in [5.41, 5.74) is 0.870. The van der Waals surface area contributed by atoms with Gasteiger partial charge in [0.2, 0.25) is 0 Å². The second kappa shape index (κ2) is 5.48. The van der Waals surface area contributed by atoms with Crippen LogP contribution in [-0.2, 0) is 15.9 Å². The summed E-state index contributed by atoms with van der Waals surface area (Å²) in [4.78, 5) is 0. The van der Waals surface area contributed by atoms with Gasteiger partial charge in [0.1, 0.15) is 4.21 Å². The molecule has 7 heteroatoms. The number of nitrogens with zero attached hydrogens (tertiary/aromatic N) is 1. The van der Waals surface area contributed by atoms with Crippen LogP contribution in [0.3, 0.4) is 0 Å². The summed E-state index contributed by atoms with van der Waals surface area (Å²) in [5.74, 6) is 1.23. The maximum Gasteiger partial charge on any atom is 0.252 e. The highest BCUT2D eigenvalue weighted by Crippen LogP contribution is 2.28. The van der Waals surface area contributed by atoms with E-state index in [9.17, 15) is 8.42 Å². The zero-order valence-corrected chi connectivity index (χ0v) is 12.6. The topological polar surface area (TPSA) is 37.4 Å². The van der Waals surface area contributed by atoms with Gasteiger partial charge in [-0.05, 0) is 17.0 Å². The summed E-state index contributed by atoms with van der Waals surface area (Å²) in [6.45, 7) is 3.26. The molecule has 0 N–H and O–H groups in total. The van der Waals surface area contributed by atoms with E-state index in [1.54, 1.807) is 10.4 Å². The predicted octanol–water partition coefficient (Wildman–Crippen LogP) is 2.61. The Hall–Kier alpha value is 0.250. The molecule has 1 aliphatic heterocycles. The van der Waals surface area contributed by atoms with Crippen LogP contribution in [0.15, 0.2) is 15.7 Å². The fourth-order valence-electron chi connectivity index (χ4n) is 1.69. The van der Waals surface area contributed by atoms with Crippen LogP contribution in [0.2, 0.25) is 0 Å². The Bertz CT molecular complexity index is 485. The molecule has 0 saturated carbocycles. The number of sulfonamides is 1. The number of halogens is 1. The Morgan fingerprint density at radius 3 is 2.94 bits per heavy atom. The van der Waals surface area contributed by atoms with Crippen molar-refractivity contribution < 1.29 is 8.42 Å². The van der Waals surface area contributed by atoms with Crippen LogP contribution in [-0.4, -0.2) is 36.8 Å². The highest BCUT2D eigenvalue weighted by Gasteiger charge is 2.29. The molecule has 1 atom stereocenters. The monoisotopic (exact) mass is 311 g/mol. The number of hydrogen-bond donors (Lipinski definition) is 0. The molecule has 2 rings (SSSR count). The van der Waals surface area contributed by atoms with Gasteiger partial charge in [-0.15, -0.1) is 22.9 Å². The Balaban J connectivity index is 2.23. The Kier molecular flexibility index (Phi) is 4.41. The van der Waals surface area contributed by atoms with Gasteiger partial charge >= 0.3 is 0 Å². The van der Waals surface area contributed by atoms with Crippen LogP contribution < -0.4 is 0 Å². The number of thiophene rings is 1. The molecule has 1 aromatic heterocycles. The van der Waals surface area contributed by atoms with Gasteiger partial charge in [0.15, 0.2) is 0 Å². The van der Waals surface area contributed by atoms with Gasteiger partial charge in [-0.25, -0.2) is 8.42 Å². The molecule has 96 valence electrons. The van der Waals surface area contributed by atoms with Gasteiger partial charge in [-0.2, -0.15) is 16.1 Å². The van der Waals surface area contributed by atoms with Crippen LogP contribution in [0.1, 0.15) is 12.5 Å². The molecule has 0 aliphatic carbocycles. The molecule has 0 spiro atoms. The Labute approximate surface area is 115 Å². The van der Waals surface area contributed by atoms with Crippen LogP contribution >= 0.6 is 34.7 Å². The van der Waals surface area contributed by atoms with E-state index >= 15 is 0 Å². The minimum Gasteiger partial charge on any atom is -0.206 e. The van der Waals surface area contributed by atoms with Crippen molar-refractivity contribution in [1.29, 1.82) is 0 Å². The van der Waals surface area contributed by atoms with Crippen molar-refractivity contribution in [3.05, 3.63) is 17.0 Å². The van der Waals surface area contributed by atoms with Crippen molar-refractivity contribution in [2.45, 2.75) is 22.3 Å². The lowest BCUT2D eigenvalue weighted by molar-refractivity contribution is 0.425. The first-order chi connectivity index (χ1) is 8.04. The number of thioether (sulfide) groups is 1. The fraction of sp³-hybridized carbons (Fsp3) is 0.600. The third-order valence-electron chi connectivity index (χ3n) is 2.58. The van der Waals surface area contributed by atoms with Gasteiger partial charge < -0.3 is 0 Å². The maximum atomic E-state index is 12.3. The molecule has 1 fully saturated rings. The average Bonchev–Trinajstić information content (AvgIpc) is 2.78. The van der Waals surface area contributed by atoms with Crippen molar-refractivity contribution in [2.75, 3.05) is 18.8 Å². The van der Waals surface area contributed by atoms with Crippen molar-refractivity contribution in [1.82, 2.24) is 4.31 Å². The third-order valence-corrected chi connectivity index (χ3v) is 7.36.